The molecule has 2 aromatic carbocycles. The zero-order valence-electron chi connectivity index (χ0n) is 16.8. The standard InChI is InChI=1S/C21H23N3O5S/c1-14(2)22-20(25)13-24-18-8-7-17(11-19(18)29-21(24)26)30(27,28)23-10-9-15-5-3-4-6-16(15)12-23/h3-8,11,14H,9-10,12-13H2,1-2H3,(H,22,25). The van der Waals surface area contributed by atoms with Crippen LogP contribution in [0.3, 0.4) is 0 Å². The van der Waals surface area contributed by atoms with Crippen molar-refractivity contribution < 1.29 is 17.6 Å². The van der Waals surface area contributed by atoms with Gasteiger partial charge in [-0.2, -0.15) is 4.31 Å². The Labute approximate surface area is 174 Å². The normalized spacial score (nSPS) is 14.8. The van der Waals surface area contributed by atoms with E-state index in [-0.39, 0.29) is 29.0 Å². The second kappa shape index (κ2) is 7.73. The summed E-state index contributed by atoms with van der Waals surface area (Å²) in [4.78, 5) is 24.3. The molecule has 1 aromatic heterocycles. The number of rotatable bonds is 5. The second-order valence-electron chi connectivity index (χ2n) is 7.66. The van der Waals surface area contributed by atoms with Crippen molar-refractivity contribution in [1.82, 2.24) is 14.2 Å². The molecular formula is C21H23N3O5S. The van der Waals surface area contributed by atoms with Crippen LogP contribution in [0.5, 0.6) is 0 Å². The number of carbonyl (C=O) groups excluding carboxylic acids is 1. The molecule has 0 radical (unpaired) electrons. The molecule has 8 nitrogen and oxygen atoms in total. The molecule has 2 heterocycles. The fourth-order valence-corrected chi connectivity index (χ4v) is 5.13. The van der Waals surface area contributed by atoms with E-state index in [1.165, 1.54) is 27.1 Å². The summed E-state index contributed by atoms with van der Waals surface area (Å²) >= 11 is 0. The minimum absolute atomic E-state index is 0.0573. The Balaban J connectivity index is 1.64. The number of nitrogens with one attached hydrogen (secondary N) is 1. The monoisotopic (exact) mass is 429 g/mol. The van der Waals surface area contributed by atoms with Gasteiger partial charge in [0.05, 0.1) is 10.4 Å². The third-order valence-electron chi connectivity index (χ3n) is 5.12. The highest BCUT2D eigenvalue weighted by molar-refractivity contribution is 7.89. The van der Waals surface area contributed by atoms with Gasteiger partial charge in [0, 0.05) is 25.2 Å². The molecule has 0 fully saturated rings. The molecule has 0 atom stereocenters. The Kier molecular flexibility index (Phi) is 5.25. The maximum Gasteiger partial charge on any atom is 0.420 e. The number of carbonyl (C=O) groups is 1. The van der Waals surface area contributed by atoms with Crippen molar-refractivity contribution in [2.24, 2.45) is 0 Å². The molecule has 3 aromatic rings. The molecule has 0 spiro atoms. The first kappa shape index (κ1) is 20.4. The number of benzene rings is 2. The van der Waals surface area contributed by atoms with E-state index in [0.717, 1.165) is 11.1 Å². The highest BCUT2D eigenvalue weighted by Gasteiger charge is 2.29. The summed E-state index contributed by atoms with van der Waals surface area (Å²) in [5, 5.41) is 2.72. The number of hydrogen-bond donors (Lipinski definition) is 1. The summed E-state index contributed by atoms with van der Waals surface area (Å²) in [5.41, 5.74) is 2.65. The van der Waals surface area contributed by atoms with Crippen molar-refractivity contribution in [3.05, 3.63) is 64.1 Å². The van der Waals surface area contributed by atoms with Gasteiger partial charge in [-0.1, -0.05) is 24.3 Å². The Morgan fingerprint density at radius 2 is 1.90 bits per heavy atom. The van der Waals surface area contributed by atoms with Crippen LogP contribution in [0.4, 0.5) is 0 Å². The van der Waals surface area contributed by atoms with Gasteiger partial charge in [0.25, 0.3) is 0 Å². The van der Waals surface area contributed by atoms with Crippen LogP contribution >= 0.6 is 0 Å². The molecule has 158 valence electrons. The third kappa shape index (κ3) is 3.78. The predicted octanol–water partition coefficient (Wildman–Crippen LogP) is 1.87. The average molecular weight is 429 g/mol. The van der Waals surface area contributed by atoms with Crippen LogP contribution in [-0.4, -0.2) is 35.8 Å². The van der Waals surface area contributed by atoms with Crippen LogP contribution in [0.2, 0.25) is 0 Å². The average Bonchev–Trinajstić information content (AvgIpc) is 3.01. The number of oxazole rings is 1. The van der Waals surface area contributed by atoms with Gasteiger partial charge in [0.2, 0.25) is 15.9 Å². The lowest BCUT2D eigenvalue weighted by Crippen LogP contribution is -2.36. The summed E-state index contributed by atoms with van der Waals surface area (Å²) in [7, 11) is -3.76. The van der Waals surface area contributed by atoms with Gasteiger partial charge < -0.3 is 9.73 Å². The fraction of sp³-hybridized carbons (Fsp3) is 0.333. The molecule has 0 aliphatic carbocycles. The summed E-state index contributed by atoms with van der Waals surface area (Å²) < 4.78 is 34.2. The van der Waals surface area contributed by atoms with Crippen molar-refractivity contribution in [3.8, 4) is 0 Å². The lowest BCUT2D eigenvalue weighted by molar-refractivity contribution is -0.122. The van der Waals surface area contributed by atoms with Crippen LogP contribution in [0.25, 0.3) is 11.1 Å². The zero-order valence-corrected chi connectivity index (χ0v) is 17.6. The number of aromatic nitrogens is 1. The number of hydrogen-bond acceptors (Lipinski definition) is 5. The van der Waals surface area contributed by atoms with Gasteiger partial charge in [0.15, 0.2) is 5.58 Å². The molecule has 0 unspecified atom stereocenters. The van der Waals surface area contributed by atoms with E-state index in [1.807, 2.05) is 38.1 Å². The molecule has 1 aliphatic rings. The number of sulfonamides is 1. The minimum atomic E-state index is -3.76. The summed E-state index contributed by atoms with van der Waals surface area (Å²) in [6.07, 6.45) is 0.647. The molecule has 1 amide bonds. The Morgan fingerprint density at radius 1 is 1.17 bits per heavy atom. The smallest absolute Gasteiger partial charge is 0.408 e. The van der Waals surface area contributed by atoms with Crippen LogP contribution in [0.15, 0.2) is 56.6 Å². The number of amides is 1. The molecule has 0 saturated heterocycles. The van der Waals surface area contributed by atoms with Crippen LogP contribution in [-0.2, 0) is 34.3 Å². The van der Waals surface area contributed by atoms with Gasteiger partial charge in [-0.3, -0.25) is 9.36 Å². The van der Waals surface area contributed by atoms with Crippen LogP contribution < -0.4 is 11.1 Å². The van der Waals surface area contributed by atoms with Crippen molar-refractivity contribution >= 4 is 27.0 Å². The van der Waals surface area contributed by atoms with Gasteiger partial charge in [0.1, 0.15) is 6.54 Å². The van der Waals surface area contributed by atoms with Gasteiger partial charge in [-0.15, -0.1) is 0 Å². The number of nitrogens with zero attached hydrogens (tertiary/aromatic N) is 2. The van der Waals surface area contributed by atoms with Crippen LogP contribution in [0.1, 0.15) is 25.0 Å². The second-order valence-corrected chi connectivity index (χ2v) is 9.60. The third-order valence-corrected chi connectivity index (χ3v) is 6.97. The SMILES string of the molecule is CC(C)NC(=O)Cn1c(=O)oc2cc(S(=O)(=O)N3CCc4ccccc4C3)ccc21. The van der Waals surface area contributed by atoms with E-state index in [2.05, 4.69) is 5.32 Å². The minimum Gasteiger partial charge on any atom is -0.408 e. The molecule has 0 saturated carbocycles. The zero-order chi connectivity index (χ0) is 21.5. The molecule has 9 heteroatoms. The van der Waals surface area contributed by atoms with Gasteiger partial charge >= 0.3 is 5.76 Å². The maximum absolute atomic E-state index is 13.2. The Bertz CT molecular complexity index is 1270. The van der Waals surface area contributed by atoms with E-state index in [1.54, 1.807) is 0 Å². The first-order valence-electron chi connectivity index (χ1n) is 9.75. The van der Waals surface area contributed by atoms with E-state index < -0.39 is 15.8 Å². The Hall–Kier alpha value is -2.91. The van der Waals surface area contributed by atoms with Crippen molar-refractivity contribution in [1.29, 1.82) is 0 Å². The first-order valence-corrected chi connectivity index (χ1v) is 11.2. The highest BCUT2D eigenvalue weighted by Crippen LogP contribution is 2.26. The molecule has 4 rings (SSSR count). The molecule has 1 aliphatic heterocycles. The largest absolute Gasteiger partial charge is 0.420 e. The highest BCUT2D eigenvalue weighted by atomic mass is 32.2. The maximum atomic E-state index is 13.2. The van der Waals surface area contributed by atoms with E-state index in [0.29, 0.717) is 25.0 Å². The first-order chi connectivity index (χ1) is 14.3. The fourth-order valence-electron chi connectivity index (χ4n) is 3.69. The van der Waals surface area contributed by atoms with Gasteiger partial charge in [-0.05, 0) is 43.5 Å². The summed E-state index contributed by atoms with van der Waals surface area (Å²) in [6, 6.07) is 12.0. The summed E-state index contributed by atoms with van der Waals surface area (Å²) in [5.74, 6) is -1.02. The van der Waals surface area contributed by atoms with E-state index >= 15 is 0 Å². The van der Waals surface area contributed by atoms with Gasteiger partial charge in [-0.25, -0.2) is 13.2 Å². The van der Waals surface area contributed by atoms with E-state index in [9.17, 15) is 18.0 Å². The molecule has 0 bridgehead atoms. The lowest BCUT2D eigenvalue weighted by Gasteiger charge is -2.28. The van der Waals surface area contributed by atoms with Crippen molar-refractivity contribution in [2.75, 3.05) is 6.54 Å². The number of fused-ring (bicyclic) bond motifs is 2. The van der Waals surface area contributed by atoms with E-state index in [4.69, 9.17) is 4.42 Å². The predicted molar refractivity (Wildman–Crippen MR) is 111 cm³/mol. The van der Waals surface area contributed by atoms with Crippen molar-refractivity contribution in [2.45, 2.75) is 44.3 Å². The summed E-state index contributed by atoms with van der Waals surface area (Å²) in [6.45, 7) is 4.14. The molecule has 1 N–H and O–H groups in total. The molecular weight excluding hydrogens is 406 g/mol. The quantitative estimate of drug-likeness (QED) is 0.667. The van der Waals surface area contributed by atoms with Crippen molar-refractivity contribution in [3.63, 3.8) is 0 Å². The Morgan fingerprint density at radius 3 is 2.63 bits per heavy atom. The molecule has 30 heavy (non-hydrogen) atoms. The lowest BCUT2D eigenvalue weighted by atomic mass is 10.0. The topological polar surface area (TPSA) is 102 Å². The van der Waals surface area contributed by atoms with Crippen LogP contribution in [0, 0.1) is 0 Å².